The quantitative estimate of drug-likeness (QED) is 0.726. The monoisotopic (exact) mass is 417 g/mol. The molecule has 1 fully saturated rings. The number of fused-ring (bicyclic) bond motifs is 3. The molecule has 0 amide bonds. The van der Waals surface area contributed by atoms with Gasteiger partial charge in [0.25, 0.3) is 0 Å². The Morgan fingerprint density at radius 1 is 1.13 bits per heavy atom. The highest BCUT2D eigenvalue weighted by atomic mass is 16.5. The fraction of sp³-hybridized carbons (Fsp3) is 0.696. The van der Waals surface area contributed by atoms with E-state index in [1.807, 2.05) is 4.90 Å². The highest BCUT2D eigenvalue weighted by Crippen LogP contribution is 2.28. The van der Waals surface area contributed by atoms with Crippen LogP contribution in [0, 0.1) is 0 Å². The Morgan fingerprint density at radius 2 is 2.00 bits per heavy atom. The molecule has 0 saturated carbocycles. The van der Waals surface area contributed by atoms with Gasteiger partial charge in [-0.2, -0.15) is 0 Å². The van der Waals surface area contributed by atoms with Crippen molar-refractivity contribution in [3.8, 4) is 0 Å². The maximum atomic E-state index is 11.7. The van der Waals surface area contributed by atoms with Crippen LogP contribution in [0.4, 0.5) is 0 Å². The number of hydrogen-bond donors (Lipinski definition) is 2. The summed E-state index contributed by atoms with van der Waals surface area (Å²) in [5.74, 6) is -0.756. The zero-order chi connectivity index (χ0) is 20.8. The van der Waals surface area contributed by atoms with Gasteiger partial charge in [0.2, 0.25) is 0 Å². The van der Waals surface area contributed by atoms with Crippen LogP contribution in [0.1, 0.15) is 48.8 Å². The van der Waals surface area contributed by atoms with Crippen molar-refractivity contribution in [3.05, 3.63) is 34.9 Å². The summed E-state index contributed by atoms with van der Waals surface area (Å²) in [5, 5.41) is 12.9. The van der Waals surface area contributed by atoms with E-state index in [4.69, 9.17) is 9.47 Å². The number of ether oxygens (including phenoxy) is 2. The number of hydrogen-bond acceptors (Lipinski definition) is 6. The number of carboxylic acid groups (broad SMARTS) is 1. The Balaban J connectivity index is 1.39. The van der Waals surface area contributed by atoms with Gasteiger partial charge >= 0.3 is 5.97 Å². The Bertz CT molecular complexity index is 714. The van der Waals surface area contributed by atoms with Crippen LogP contribution in [-0.2, 0) is 33.8 Å². The SMILES string of the molecule is O=C(O)C1CC2CN1CCNCOCCCCCCc1cccc3c1CN(CO2)C3. The summed E-state index contributed by atoms with van der Waals surface area (Å²) in [6.45, 7) is 5.80. The molecule has 0 spiro atoms. The molecule has 4 bridgehead atoms. The lowest BCUT2D eigenvalue weighted by atomic mass is 9.98. The van der Waals surface area contributed by atoms with E-state index in [9.17, 15) is 9.90 Å². The molecule has 4 atom stereocenters. The zero-order valence-corrected chi connectivity index (χ0v) is 17.9. The van der Waals surface area contributed by atoms with E-state index in [2.05, 4.69) is 28.4 Å². The van der Waals surface area contributed by atoms with Gasteiger partial charge in [0, 0.05) is 45.8 Å². The van der Waals surface area contributed by atoms with E-state index in [1.54, 1.807) is 0 Å². The van der Waals surface area contributed by atoms with Crippen LogP contribution in [0.3, 0.4) is 0 Å². The van der Waals surface area contributed by atoms with Gasteiger partial charge in [0.1, 0.15) is 6.04 Å². The minimum atomic E-state index is -0.756. The second-order valence-corrected chi connectivity index (χ2v) is 8.76. The predicted octanol–water partition coefficient (Wildman–Crippen LogP) is 2.18. The van der Waals surface area contributed by atoms with Crippen molar-refractivity contribution < 1.29 is 19.4 Å². The third-order valence-corrected chi connectivity index (χ3v) is 6.55. The summed E-state index contributed by atoms with van der Waals surface area (Å²) in [7, 11) is 0. The topological polar surface area (TPSA) is 74.3 Å². The Morgan fingerprint density at radius 3 is 2.90 bits per heavy atom. The van der Waals surface area contributed by atoms with Gasteiger partial charge in [-0.1, -0.05) is 31.0 Å². The molecule has 4 rings (SSSR count). The lowest BCUT2D eigenvalue weighted by Gasteiger charge is -2.21. The molecule has 3 heterocycles. The van der Waals surface area contributed by atoms with Crippen molar-refractivity contribution in [2.45, 2.75) is 63.8 Å². The summed E-state index contributed by atoms with van der Waals surface area (Å²) in [5.41, 5.74) is 4.36. The lowest BCUT2D eigenvalue weighted by molar-refractivity contribution is -0.142. The highest BCUT2D eigenvalue weighted by molar-refractivity contribution is 5.74. The first kappa shape index (κ1) is 21.7. The van der Waals surface area contributed by atoms with Gasteiger partial charge in [-0.3, -0.25) is 19.9 Å². The number of aliphatic carboxylic acids is 1. The van der Waals surface area contributed by atoms with Crippen molar-refractivity contribution in [2.75, 3.05) is 39.7 Å². The molecular weight excluding hydrogens is 382 g/mol. The molecule has 3 aliphatic rings. The van der Waals surface area contributed by atoms with Crippen LogP contribution in [0.2, 0.25) is 0 Å². The largest absolute Gasteiger partial charge is 0.480 e. The first-order valence-electron chi connectivity index (χ1n) is 11.4. The normalized spacial score (nSPS) is 31.3. The number of benzene rings is 1. The minimum absolute atomic E-state index is 0.0314. The first-order valence-corrected chi connectivity index (χ1v) is 11.4. The molecule has 2 N–H and O–H groups in total. The minimum Gasteiger partial charge on any atom is -0.480 e. The van der Waals surface area contributed by atoms with Crippen LogP contribution in [0.15, 0.2) is 18.2 Å². The summed E-state index contributed by atoms with van der Waals surface area (Å²) >= 11 is 0. The van der Waals surface area contributed by atoms with Crippen LogP contribution in [0.25, 0.3) is 0 Å². The fourth-order valence-electron chi connectivity index (χ4n) is 4.89. The second-order valence-electron chi connectivity index (χ2n) is 8.76. The van der Waals surface area contributed by atoms with Gasteiger partial charge in [0.05, 0.1) is 19.6 Å². The van der Waals surface area contributed by atoms with Crippen LogP contribution >= 0.6 is 0 Å². The molecule has 7 nitrogen and oxygen atoms in total. The Kier molecular flexibility index (Phi) is 7.73. The molecule has 0 aromatic heterocycles. The molecule has 0 aliphatic carbocycles. The van der Waals surface area contributed by atoms with Crippen molar-refractivity contribution in [1.82, 2.24) is 15.1 Å². The summed E-state index contributed by atoms with van der Waals surface area (Å²) in [4.78, 5) is 16.1. The number of nitrogens with one attached hydrogen (secondary N) is 1. The smallest absolute Gasteiger partial charge is 0.321 e. The first-order chi connectivity index (χ1) is 14.7. The molecule has 1 saturated heterocycles. The fourth-order valence-corrected chi connectivity index (χ4v) is 4.89. The summed E-state index contributed by atoms with van der Waals surface area (Å²) < 4.78 is 11.9. The molecule has 1 aromatic carbocycles. The van der Waals surface area contributed by atoms with E-state index in [0.29, 0.717) is 33.0 Å². The standard InChI is InChI=1S/C23H35N3O4/c27-23(28)22-12-20-14-26(22)10-9-24-16-29-11-4-2-1-3-6-18-7-5-8-19-13-25(17-30-20)15-21(18)19/h5,7-8,20,22,24H,1-4,6,9-17H2,(H,27,28). The van der Waals surface area contributed by atoms with E-state index >= 15 is 0 Å². The van der Waals surface area contributed by atoms with E-state index in [1.165, 1.54) is 36.0 Å². The van der Waals surface area contributed by atoms with Gasteiger partial charge < -0.3 is 14.6 Å². The number of nitrogens with zero attached hydrogens (tertiary/aromatic N) is 2. The van der Waals surface area contributed by atoms with Crippen molar-refractivity contribution in [2.24, 2.45) is 0 Å². The van der Waals surface area contributed by atoms with Gasteiger partial charge in [-0.15, -0.1) is 0 Å². The third-order valence-electron chi connectivity index (χ3n) is 6.55. The van der Waals surface area contributed by atoms with Crippen molar-refractivity contribution in [3.63, 3.8) is 0 Å². The molecule has 166 valence electrons. The number of carbonyl (C=O) groups is 1. The van der Waals surface area contributed by atoms with E-state index in [-0.39, 0.29) is 6.10 Å². The predicted molar refractivity (Wildman–Crippen MR) is 114 cm³/mol. The Hall–Kier alpha value is -1.51. The maximum absolute atomic E-state index is 11.7. The number of aryl methyl sites for hydroxylation is 1. The molecule has 0 radical (unpaired) electrons. The average molecular weight is 418 g/mol. The van der Waals surface area contributed by atoms with E-state index in [0.717, 1.165) is 39.1 Å². The lowest BCUT2D eigenvalue weighted by Crippen LogP contribution is -2.40. The molecule has 7 heteroatoms. The van der Waals surface area contributed by atoms with Crippen LogP contribution in [-0.4, -0.2) is 72.7 Å². The zero-order valence-electron chi connectivity index (χ0n) is 17.9. The molecule has 4 unspecified atom stereocenters. The molecular formula is C23H35N3O4. The van der Waals surface area contributed by atoms with Gasteiger partial charge in [-0.05, 0) is 36.0 Å². The van der Waals surface area contributed by atoms with E-state index < -0.39 is 12.0 Å². The second kappa shape index (κ2) is 10.7. The average Bonchev–Trinajstić information content (AvgIpc) is 3.34. The van der Waals surface area contributed by atoms with Crippen LogP contribution in [0.5, 0.6) is 0 Å². The summed E-state index contributed by atoms with van der Waals surface area (Å²) in [6.07, 6.45) is 6.41. The molecule has 1 aromatic rings. The molecule has 3 aliphatic heterocycles. The highest BCUT2D eigenvalue weighted by Gasteiger charge is 2.37. The molecule has 30 heavy (non-hydrogen) atoms. The summed E-state index contributed by atoms with van der Waals surface area (Å²) in [6, 6.07) is 6.22. The number of carboxylic acids is 1. The number of rotatable bonds is 1. The van der Waals surface area contributed by atoms with Crippen LogP contribution < -0.4 is 5.32 Å². The maximum Gasteiger partial charge on any atom is 0.321 e. The van der Waals surface area contributed by atoms with Gasteiger partial charge in [-0.25, -0.2) is 0 Å². The van der Waals surface area contributed by atoms with Crippen molar-refractivity contribution >= 4 is 5.97 Å². The van der Waals surface area contributed by atoms with Gasteiger partial charge in [0.15, 0.2) is 0 Å². The third kappa shape index (κ3) is 5.59. The Labute approximate surface area is 179 Å². The van der Waals surface area contributed by atoms with Crippen molar-refractivity contribution in [1.29, 1.82) is 0 Å².